The number of ether oxygens (including phenoxy) is 1. The molecule has 0 spiro atoms. The third kappa shape index (κ3) is 3.57. The number of hydrogen-bond donors (Lipinski definition) is 0. The molecule has 1 atom stereocenters. The maximum atomic E-state index is 13.2. The molecule has 6 heteroatoms. The van der Waals surface area contributed by atoms with Crippen LogP contribution in [0.5, 0.6) is 0 Å². The molecule has 21 heavy (non-hydrogen) atoms. The van der Waals surface area contributed by atoms with Crippen molar-refractivity contribution in [2.24, 2.45) is 0 Å². The minimum absolute atomic E-state index is 0.0995. The van der Waals surface area contributed by atoms with Gasteiger partial charge in [-0.25, -0.2) is 8.78 Å². The number of carbonyl (C=O) groups is 1. The highest BCUT2D eigenvalue weighted by molar-refractivity contribution is 5.84. The predicted molar refractivity (Wildman–Crippen MR) is 74.7 cm³/mol. The lowest BCUT2D eigenvalue weighted by atomic mass is 10.0. The van der Waals surface area contributed by atoms with Crippen molar-refractivity contribution in [1.29, 1.82) is 0 Å². The molecule has 4 nitrogen and oxygen atoms in total. The summed E-state index contributed by atoms with van der Waals surface area (Å²) in [5, 5.41) is 0. The average Bonchev–Trinajstić information content (AvgIpc) is 2.42. The molecule has 0 radical (unpaired) electrons. The van der Waals surface area contributed by atoms with Gasteiger partial charge in [0, 0.05) is 33.7 Å². The Hall–Kier alpha value is -1.53. The van der Waals surface area contributed by atoms with Crippen LogP contribution in [0.4, 0.5) is 8.78 Å². The molecular formula is C15H20F2N2O2. The van der Waals surface area contributed by atoms with Crippen LogP contribution in [0.3, 0.4) is 0 Å². The molecule has 1 heterocycles. The Morgan fingerprint density at radius 3 is 2.71 bits per heavy atom. The number of rotatable bonds is 3. The second kappa shape index (κ2) is 6.07. The summed E-state index contributed by atoms with van der Waals surface area (Å²) in [6, 6.07) is 3.87. The van der Waals surface area contributed by atoms with Gasteiger partial charge in [0.25, 0.3) is 5.91 Å². The Bertz CT molecular complexity index is 536. The fraction of sp³-hybridized carbons (Fsp3) is 0.533. The lowest BCUT2D eigenvalue weighted by molar-refractivity contribution is -0.165. The maximum absolute atomic E-state index is 13.2. The van der Waals surface area contributed by atoms with E-state index in [1.54, 1.807) is 27.1 Å². The van der Waals surface area contributed by atoms with Crippen molar-refractivity contribution in [3.63, 3.8) is 0 Å². The monoisotopic (exact) mass is 298 g/mol. The number of benzene rings is 1. The van der Waals surface area contributed by atoms with Crippen LogP contribution >= 0.6 is 0 Å². The van der Waals surface area contributed by atoms with Crippen LogP contribution in [0, 0.1) is 11.6 Å². The SMILES string of the molecule is CN(C)C(=O)C1(C)CN(Cc2ccc(F)c(F)c2)CCO1. The number of morpholine rings is 1. The van der Waals surface area contributed by atoms with E-state index in [1.807, 2.05) is 4.90 Å². The van der Waals surface area contributed by atoms with E-state index in [-0.39, 0.29) is 5.91 Å². The van der Waals surface area contributed by atoms with Crippen LogP contribution in [-0.4, -0.2) is 55.1 Å². The van der Waals surface area contributed by atoms with Crippen LogP contribution in [0.15, 0.2) is 18.2 Å². The Balaban J connectivity index is 2.07. The lowest BCUT2D eigenvalue weighted by Gasteiger charge is -2.40. The van der Waals surface area contributed by atoms with Crippen molar-refractivity contribution >= 4 is 5.91 Å². The van der Waals surface area contributed by atoms with Crippen molar-refractivity contribution in [3.8, 4) is 0 Å². The summed E-state index contributed by atoms with van der Waals surface area (Å²) in [6.07, 6.45) is 0. The van der Waals surface area contributed by atoms with Gasteiger partial charge in [-0.3, -0.25) is 9.69 Å². The first-order chi connectivity index (χ1) is 9.82. The minimum atomic E-state index is -0.902. The molecular weight excluding hydrogens is 278 g/mol. The highest BCUT2D eigenvalue weighted by Crippen LogP contribution is 2.21. The number of carbonyl (C=O) groups excluding carboxylic acids is 1. The Kier molecular flexibility index (Phi) is 4.58. The zero-order chi connectivity index (χ0) is 15.6. The summed E-state index contributed by atoms with van der Waals surface area (Å²) in [5.74, 6) is -1.81. The van der Waals surface area contributed by atoms with E-state index >= 15 is 0 Å². The summed E-state index contributed by atoms with van der Waals surface area (Å²) in [7, 11) is 3.37. The topological polar surface area (TPSA) is 32.8 Å². The second-order valence-corrected chi connectivity index (χ2v) is 5.74. The van der Waals surface area contributed by atoms with Crippen molar-refractivity contribution in [3.05, 3.63) is 35.4 Å². The van der Waals surface area contributed by atoms with Crippen molar-refractivity contribution in [1.82, 2.24) is 9.80 Å². The minimum Gasteiger partial charge on any atom is -0.363 e. The summed E-state index contributed by atoms with van der Waals surface area (Å²) in [5.41, 5.74) is -0.226. The number of likely N-dealkylation sites (N-methyl/N-ethyl adjacent to an activating group) is 1. The predicted octanol–water partition coefficient (Wildman–Crippen LogP) is 1.64. The molecule has 1 aromatic rings. The Morgan fingerprint density at radius 2 is 2.10 bits per heavy atom. The van der Waals surface area contributed by atoms with Crippen molar-refractivity contribution in [2.45, 2.75) is 19.1 Å². The molecule has 1 aliphatic heterocycles. The van der Waals surface area contributed by atoms with E-state index in [2.05, 4.69) is 0 Å². The van der Waals surface area contributed by atoms with Gasteiger partial charge in [-0.05, 0) is 24.6 Å². The molecule has 0 saturated carbocycles. The van der Waals surface area contributed by atoms with Gasteiger partial charge in [-0.2, -0.15) is 0 Å². The quantitative estimate of drug-likeness (QED) is 0.850. The number of hydrogen-bond acceptors (Lipinski definition) is 3. The van der Waals surface area contributed by atoms with Crippen molar-refractivity contribution in [2.75, 3.05) is 33.8 Å². The first-order valence-corrected chi connectivity index (χ1v) is 6.84. The van der Waals surface area contributed by atoms with Gasteiger partial charge >= 0.3 is 0 Å². The van der Waals surface area contributed by atoms with E-state index < -0.39 is 17.2 Å². The van der Waals surface area contributed by atoms with Gasteiger partial charge in [-0.1, -0.05) is 6.07 Å². The number of halogens is 2. The molecule has 1 aliphatic rings. The van der Waals surface area contributed by atoms with E-state index in [1.165, 1.54) is 11.0 Å². The summed E-state index contributed by atoms with van der Waals surface area (Å²) >= 11 is 0. The van der Waals surface area contributed by atoms with E-state index in [0.29, 0.717) is 31.8 Å². The van der Waals surface area contributed by atoms with Crippen LogP contribution in [0.25, 0.3) is 0 Å². The maximum Gasteiger partial charge on any atom is 0.255 e. The van der Waals surface area contributed by atoms with Crippen LogP contribution in [0.1, 0.15) is 12.5 Å². The zero-order valence-corrected chi connectivity index (χ0v) is 12.5. The molecule has 1 saturated heterocycles. The fourth-order valence-electron chi connectivity index (χ4n) is 2.58. The third-order valence-electron chi connectivity index (χ3n) is 3.60. The Labute approximate surface area is 123 Å². The summed E-state index contributed by atoms with van der Waals surface area (Å²) < 4.78 is 31.8. The highest BCUT2D eigenvalue weighted by atomic mass is 19.2. The molecule has 1 unspecified atom stereocenters. The summed E-state index contributed by atoms with van der Waals surface area (Å²) in [4.78, 5) is 15.7. The first kappa shape index (κ1) is 15.9. The molecule has 116 valence electrons. The van der Waals surface area contributed by atoms with E-state index in [0.717, 1.165) is 6.07 Å². The van der Waals surface area contributed by atoms with E-state index in [9.17, 15) is 13.6 Å². The van der Waals surface area contributed by atoms with E-state index in [4.69, 9.17) is 4.74 Å². The molecule has 2 rings (SSSR count). The zero-order valence-electron chi connectivity index (χ0n) is 12.5. The van der Waals surface area contributed by atoms with Crippen LogP contribution in [-0.2, 0) is 16.1 Å². The number of nitrogens with zero attached hydrogens (tertiary/aromatic N) is 2. The summed E-state index contributed by atoms with van der Waals surface area (Å²) in [6.45, 7) is 3.71. The highest BCUT2D eigenvalue weighted by Gasteiger charge is 2.40. The molecule has 0 N–H and O–H groups in total. The largest absolute Gasteiger partial charge is 0.363 e. The Morgan fingerprint density at radius 1 is 1.38 bits per heavy atom. The third-order valence-corrected chi connectivity index (χ3v) is 3.60. The van der Waals surface area contributed by atoms with Crippen molar-refractivity contribution < 1.29 is 18.3 Å². The van der Waals surface area contributed by atoms with Crippen LogP contribution < -0.4 is 0 Å². The second-order valence-electron chi connectivity index (χ2n) is 5.74. The van der Waals surface area contributed by atoms with Gasteiger partial charge in [0.2, 0.25) is 0 Å². The van der Waals surface area contributed by atoms with Gasteiger partial charge < -0.3 is 9.64 Å². The molecule has 1 amide bonds. The molecule has 0 aromatic heterocycles. The first-order valence-electron chi connectivity index (χ1n) is 6.84. The molecule has 0 aliphatic carbocycles. The molecule has 0 bridgehead atoms. The normalized spacial score (nSPS) is 23.1. The van der Waals surface area contributed by atoms with Gasteiger partial charge in [0.05, 0.1) is 6.61 Å². The fourth-order valence-corrected chi connectivity index (χ4v) is 2.58. The van der Waals surface area contributed by atoms with Crippen LogP contribution in [0.2, 0.25) is 0 Å². The molecule has 1 aromatic carbocycles. The number of amides is 1. The lowest BCUT2D eigenvalue weighted by Crippen LogP contribution is -2.57. The van der Waals surface area contributed by atoms with Gasteiger partial charge in [0.15, 0.2) is 17.2 Å². The average molecular weight is 298 g/mol. The smallest absolute Gasteiger partial charge is 0.255 e. The molecule has 1 fully saturated rings. The van der Waals surface area contributed by atoms with Gasteiger partial charge in [-0.15, -0.1) is 0 Å². The van der Waals surface area contributed by atoms with Gasteiger partial charge in [0.1, 0.15) is 0 Å². The standard InChI is InChI=1S/C15H20F2N2O2/c1-15(14(20)18(2)3)10-19(6-7-21-15)9-11-4-5-12(16)13(17)8-11/h4-5,8H,6-7,9-10H2,1-3H3.